The average molecular weight is 305 g/mol. The summed E-state index contributed by atoms with van der Waals surface area (Å²) in [6.45, 7) is 0. The molecule has 0 radical (unpaired) electrons. The molecule has 2 aromatic carbocycles. The summed E-state index contributed by atoms with van der Waals surface area (Å²) in [5.74, 6) is 0.557. The van der Waals surface area contributed by atoms with Crippen LogP contribution in [0.2, 0.25) is 10.0 Å². The minimum Gasteiger partial charge on any atom is -0.397 e. The van der Waals surface area contributed by atoms with E-state index in [9.17, 15) is 0 Å². The third kappa shape index (κ3) is 2.13. The number of nitrogen functional groups attached to an aromatic ring is 1. The van der Waals surface area contributed by atoms with E-state index in [1.165, 1.54) is 0 Å². The highest BCUT2D eigenvalue weighted by Crippen LogP contribution is 2.37. The zero-order valence-electron chi connectivity index (χ0n) is 10.3. The maximum atomic E-state index is 6.23. The maximum absolute atomic E-state index is 6.23. The molecule has 0 bridgehead atoms. The van der Waals surface area contributed by atoms with Crippen LogP contribution in [0.3, 0.4) is 0 Å². The first-order valence-corrected chi connectivity index (χ1v) is 6.63. The van der Waals surface area contributed by atoms with E-state index >= 15 is 0 Å². The molecule has 3 rings (SSSR count). The highest BCUT2D eigenvalue weighted by atomic mass is 35.5. The van der Waals surface area contributed by atoms with E-state index < -0.39 is 0 Å². The summed E-state index contributed by atoms with van der Waals surface area (Å²) in [5, 5.41) is 8.98. The minimum atomic E-state index is 0.393. The van der Waals surface area contributed by atoms with Crippen LogP contribution in [0.4, 0.5) is 5.69 Å². The van der Waals surface area contributed by atoms with Gasteiger partial charge in [0, 0.05) is 5.69 Å². The van der Waals surface area contributed by atoms with Crippen LogP contribution >= 0.6 is 23.2 Å². The molecule has 6 heteroatoms. The van der Waals surface area contributed by atoms with E-state index in [-0.39, 0.29) is 0 Å². The second kappa shape index (κ2) is 5.15. The van der Waals surface area contributed by atoms with Crippen molar-refractivity contribution in [1.29, 1.82) is 0 Å². The standard InChI is InChI=1S/C14H10Cl2N4/c15-10-6-7-11(16)13(17)12(10)14-19-18-8-20(14)9-4-2-1-3-5-9/h1-8H,17H2. The largest absolute Gasteiger partial charge is 0.397 e. The predicted molar refractivity (Wildman–Crippen MR) is 81.2 cm³/mol. The Balaban J connectivity index is 2.24. The van der Waals surface area contributed by atoms with Crippen LogP contribution < -0.4 is 5.73 Å². The lowest BCUT2D eigenvalue weighted by Crippen LogP contribution is -2.00. The number of halogens is 2. The van der Waals surface area contributed by atoms with Crippen molar-refractivity contribution in [2.24, 2.45) is 0 Å². The first-order valence-electron chi connectivity index (χ1n) is 5.88. The van der Waals surface area contributed by atoms with E-state index in [1.54, 1.807) is 18.5 Å². The number of hydrogen-bond donors (Lipinski definition) is 1. The van der Waals surface area contributed by atoms with Crippen molar-refractivity contribution in [3.05, 3.63) is 58.8 Å². The Morgan fingerprint density at radius 3 is 2.40 bits per heavy atom. The zero-order valence-corrected chi connectivity index (χ0v) is 11.8. The first-order chi connectivity index (χ1) is 9.68. The average Bonchev–Trinajstić information content (AvgIpc) is 2.94. The maximum Gasteiger partial charge on any atom is 0.172 e. The lowest BCUT2D eigenvalue weighted by atomic mass is 10.1. The van der Waals surface area contributed by atoms with Crippen LogP contribution in [0, 0.1) is 0 Å². The molecule has 1 aromatic heterocycles. The van der Waals surface area contributed by atoms with Crippen LogP contribution in [0.5, 0.6) is 0 Å². The monoisotopic (exact) mass is 304 g/mol. The third-order valence-electron chi connectivity index (χ3n) is 2.95. The molecule has 0 fully saturated rings. The normalized spacial score (nSPS) is 10.7. The number of hydrogen-bond acceptors (Lipinski definition) is 3. The van der Waals surface area contributed by atoms with Gasteiger partial charge in [-0.1, -0.05) is 41.4 Å². The summed E-state index contributed by atoms with van der Waals surface area (Å²) in [4.78, 5) is 0. The number of aromatic nitrogens is 3. The lowest BCUT2D eigenvalue weighted by Gasteiger charge is -2.11. The van der Waals surface area contributed by atoms with Gasteiger partial charge in [-0.3, -0.25) is 4.57 Å². The molecule has 0 spiro atoms. The van der Waals surface area contributed by atoms with Crippen LogP contribution in [0.15, 0.2) is 48.8 Å². The van der Waals surface area contributed by atoms with Crippen molar-refractivity contribution < 1.29 is 0 Å². The van der Waals surface area contributed by atoms with Crippen molar-refractivity contribution in [2.45, 2.75) is 0 Å². The minimum absolute atomic E-state index is 0.393. The van der Waals surface area contributed by atoms with E-state index in [0.29, 0.717) is 27.1 Å². The molecular formula is C14H10Cl2N4. The molecule has 100 valence electrons. The van der Waals surface area contributed by atoms with Crippen molar-refractivity contribution in [3.8, 4) is 17.1 Å². The van der Waals surface area contributed by atoms with Crippen molar-refractivity contribution in [1.82, 2.24) is 14.8 Å². The van der Waals surface area contributed by atoms with Gasteiger partial charge in [0.15, 0.2) is 5.82 Å². The van der Waals surface area contributed by atoms with Gasteiger partial charge in [-0.15, -0.1) is 10.2 Å². The third-order valence-corrected chi connectivity index (χ3v) is 3.59. The van der Waals surface area contributed by atoms with Gasteiger partial charge < -0.3 is 5.73 Å². The lowest BCUT2D eigenvalue weighted by molar-refractivity contribution is 1.06. The molecule has 3 aromatic rings. The van der Waals surface area contributed by atoms with Crippen molar-refractivity contribution in [2.75, 3.05) is 5.73 Å². The summed E-state index contributed by atoms with van der Waals surface area (Å²) >= 11 is 12.3. The Morgan fingerprint density at radius 1 is 0.950 bits per heavy atom. The van der Waals surface area contributed by atoms with Gasteiger partial charge in [-0.2, -0.15) is 0 Å². The van der Waals surface area contributed by atoms with Gasteiger partial charge in [0.2, 0.25) is 0 Å². The highest BCUT2D eigenvalue weighted by Gasteiger charge is 2.17. The van der Waals surface area contributed by atoms with Gasteiger partial charge in [0.1, 0.15) is 6.33 Å². The van der Waals surface area contributed by atoms with Gasteiger partial charge >= 0.3 is 0 Å². The molecule has 0 amide bonds. The molecule has 0 aliphatic heterocycles. The SMILES string of the molecule is Nc1c(Cl)ccc(Cl)c1-c1nncn1-c1ccccc1. The number of nitrogens with zero attached hydrogens (tertiary/aromatic N) is 3. The fourth-order valence-corrected chi connectivity index (χ4v) is 2.38. The molecule has 20 heavy (non-hydrogen) atoms. The summed E-state index contributed by atoms with van der Waals surface area (Å²) in [7, 11) is 0. The molecule has 0 aliphatic carbocycles. The Morgan fingerprint density at radius 2 is 1.65 bits per heavy atom. The molecule has 0 atom stereocenters. The van der Waals surface area contributed by atoms with Gasteiger partial charge in [0.05, 0.1) is 21.3 Å². The van der Waals surface area contributed by atoms with Crippen molar-refractivity contribution in [3.63, 3.8) is 0 Å². The summed E-state index contributed by atoms with van der Waals surface area (Å²) in [6, 6.07) is 13.0. The topological polar surface area (TPSA) is 56.7 Å². The predicted octanol–water partition coefficient (Wildman–Crippen LogP) is 3.82. The Bertz CT molecular complexity index is 753. The Hall–Kier alpha value is -2.04. The number of nitrogens with two attached hydrogens (primary N) is 1. The number of anilines is 1. The van der Waals surface area contributed by atoms with Crippen LogP contribution in [0.25, 0.3) is 17.1 Å². The highest BCUT2D eigenvalue weighted by molar-refractivity contribution is 6.37. The summed E-state index contributed by atoms with van der Waals surface area (Å²) in [5.41, 5.74) is 7.92. The van der Waals surface area contributed by atoms with Crippen LogP contribution in [0.1, 0.15) is 0 Å². The number of para-hydroxylation sites is 1. The number of rotatable bonds is 2. The molecule has 0 saturated carbocycles. The summed E-state index contributed by atoms with van der Waals surface area (Å²) in [6.07, 6.45) is 1.61. The van der Waals surface area contributed by atoms with Gasteiger partial charge in [0.25, 0.3) is 0 Å². The van der Waals surface area contributed by atoms with Crippen LogP contribution in [-0.4, -0.2) is 14.8 Å². The first kappa shape index (κ1) is 13.0. The van der Waals surface area contributed by atoms with E-state index in [1.807, 2.05) is 34.9 Å². The molecule has 1 heterocycles. The fourth-order valence-electron chi connectivity index (χ4n) is 1.98. The molecule has 2 N–H and O–H groups in total. The van der Waals surface area contributed by atoms with E-state index in [4.69, 9.17) is 28.9 Å². The van der Waals surface area contributed by atoms with Gasteiger partial charge in [-0.25, -0.2) is 0 Å². The van der Waals surface area contributed by atoms with E-state index in [2.05, 4.69) is 10.2 Å². The molecule has 0 aliphatic rings. The quantitative estimate of drug-likeness (QED) is 0.732. The number of benzene rings is 2. The Labute approximate surface area is 125 Å². The molecule has 4 nitrogen and oxygen atoms in total. The van der Waals surface area contributed by atoms with Crippen molar-refractivity contribution >= 4 is 28.9 Å². The van der Waals surface area contributed by atoms with Crippen LogP contribution in [-0.2, 0) is 0 Å². The smallest absolute Gasteiger partial charge is 0.172 e. The van der Waals surface area contributed by atoms with E-state index in [0.717, 1.165) is 5.69 Å². The fraction of sp³-hybridized carbons (Fsp3) is 0. The summed E-state index contributed by atoms with van der Waals surface area (Å²) < 4.78 is 1.81. The Kier molecular flexibility index (Phi) is 3.34. The molecule has 0 saturated heterocycles. The zero-order chi connectivity index (χ0) is 14.1. The molecular weight excluding hydrogens is 295 g/mol. The van der Waals surface area contributed by atoms with Gasteiger partial charge in [-0.05, 0) is 24.3 Å². The molecule has 0 unspecified atom stereocenters. The second-order valence-electron chi connectivity index (χ2n) is 4.18. The second-order valence-corrected chi connectivity index (χ2v) is 4.99.